The summed E-state index contributed by atoms with van der Waals surface area (Å²) in [6.45, 7) is 6.14. The van der Waals surface area contributed by atoms with Gasteiger partial charge in [0.2, 0.25) is 10.9 Å². The fourth-order valence-electron chi connectivity index (χ4n) is 2.21. The molecule has 3 rings (SSSR count). The number of amides is 1. The summed E-state index contributed by atoms with van der Waals surface area (Å²) in [5.41, 5.74) is 1.99. The molecule has 1 aromatic carbocycles. The van der Waals surface area contributed by atoms with E-state index < -0.39 is 0 Å². The predicted octanol–water partition coefficient (Wildman–Crippen LogP) is 3.19. The van der Waals surface area contributed by atoms with E-state index in [-0.39, 0.29) is 11.8 Å². The first-order valence-corrected chi connectivity index (χ1v) is 8.42. The Morgan fingerprint density at radius 1 is 1.26 bits per heavy atom. The molecule has 0 spiro atoms. The Labute approximate surface area is 138 Å². The van der Waals surface area contributed by atoms with E-state index in [0.29, 0.717) is 12.8 Å². The molecule has 1 N–H and O–H groups in total. The van der Waals surface area contributed by atoms with Crippen molar-refractivity contribution >= 4 is 27.9 Å². The summed E-state index contributed by atoms with van der Waals surface area (Å²) in [5, 5.41) is 16.6. The van der Waals surface area contributed by atoms with E-state index in [1.807, 2.05) is 31.2 Å². The van der Waals surface area contributed by atoms with Gasteiger partial charge in [-0.3, -0.25) is 4.79 Å². The van der Waals surface area contributed by atoms with Gasteiger partial charge in [0.05, 0.1) is 0 Å². The van der Waals surface area contributed by atoms with Crippen molar-refractivity contribution in [1.82, 2.24) is 19.8 Å². The number of fused-ring (bicyclic) bond motifs is 1. The zero-order chi connectivity index (χ0) is 16.4. The largest absolute Gasteiger partial charge is 0.326 e. The first-order chi connectivity index (χ1) is 11.0. The molecule has 23 heavy (non-hydrogen) atoms. The predicted molar refractivity (Wildman–Crippen MR) is 90.9 cm³/mol. The van der Waals surface area contributed by atoms with E-state index in [1.54, 1.807) is 4.52 Å². The molecule has 0 atom stereocenters. The number of anilines is 1. The number of benzene rings is 1. The van der Waals surface area contributed by atoms with Crippen LogP contribution in [0.2, 0.25) is 0 Å². The molecule has 7 heteroatoms. The number of hydrogen-bond acceptors (Lipinski definition) is 5. The maximum absolute atomic E-state index is 12.0. The lowest BCUT2D eigenvalue weighted by Gasteiger charge is -2.04. The second-order valence-corrected chi connectivity index (χ2v) is 6.86. The summed E-state index contributed by atoms with van der Waals surface area (Å²) in [5.74, 6) is 1.11. The highest BCUT2D eigenvalue weighted by Gasteiger charge is 2.14. The van der Waals surface area contributed by atoms with Gasteiger partial charge in [0.15, 0.2) is 5.82 Å². The van der Waals surface area contributed by atoms with Crippen LogP contribution in [0.3, 0.4) is 0 Å². The fraction of sp³-hybridized carbons (Fsp3) is 0.375. The molecule has 0 aliphatic heterocycles. The third kappa shape index (κ3) is 3.56. The van der Waals surface area contributed by atoms with Crippen LogP contribution in [0.4, 0.5) is 5.69 Å². The van der Waals surface area contributed by atoms with Crippen molar-refractivity contribution in [3.05, 3.63) is 40.7 Å². The Hall–Kier alpha value is -2.28. The standard InChI is InChI=1S/C16H19N5OS/c1-10(2)15-18-19-16-21(15)20-14(23-16)9-8-13(22)17-12-6-4-11(3)5-7-12/h4-7,10H,8-9H2,1-3H3,(H,17,22). The van der Waals surface area contributed by atoms with Crippen LogP contribution in [0.1, 0.15) is 42.6 Å². The van der Waals surface area contributed by atoms with Gasteiger partial charge in [-0.15, -0.1) is 10.2 Å². The minimum atomic E-state index is -0.0103. The van der Waals surface area contributed by atoms with E-state index in [4.69, 9.17) is 0 Å². The number of carbonyl (C=O) groups is 1. The summed E-state index contributed by atoms with van der Waals surface area (Å²) < 4.78 is 1.78. The van der Waals surface area contributed by atoms with Crippen LogP contribution in [0.5, 0.6) is 0 Å². The molecule has 0 radical (unpaired) electrons. The van der Waals surface area contributed by atoms with E-state index in [0.717, 1.165) is 21.5 Å². The van der Waals surface area contributed by atoms with E-state index in [2.05, 4.69) is 34.5 Å². The molecule has 2 aromatic heterocycles. The zero-order valence-corrected chi connectivity index (χ0v) is 14.2. The van der Waals surface area contributed by atoms with Crippen LogP contribution < -0.4 is 5.32 Å². The van der Waals surface area contributed by atoms with Gasteiger partial charge in [0, 0.05) is 24.4 Å². The summed E-state index contributed by atoms with van der Waals surface area (Å²) >= 11 is 1.48. The fourth-order valence-corrected chi connectivity index (χ4v) is 3.05. The molecular weight excluding hydrogens is 310 g/mol. The van der Waals surface area contributed by atoms with Crippen molar-refractivity contribution in [3.63, 3.8) is 0 Å². The van der Waals surface area contributed by atoms with Crippen LogP contribution in [0, 0.1) is 6.92 Å². The first-order valence-electron chi connectivity index (χ1n) is 7.60. The number of nitrogens with zero attached hydrogens (tertiary/aromatic N) is 4. The highest BCUT2D eigenvalue weighted by atomic mass is 32.1. The SMILES string of the molecule is Cc1ccc(NC(=O)CCc2nn3c(C(C)C)nnc3s2)cc1. The Kier molecular flexibility index (Phi) is 4.38. The highest BCUT2D eigenvalue weighted by Crippen LogP contribution is 2.19. The van der Waals surface area contributed by atoms with Crippen molar-refractivity contribution in [2.75, 3.05) is 5.32 Å². The van der Waals surface area contributed by atoms with Gasteiger partial charge < -0.3 is 5.32 Å². The molecule has 3 aromatic rings. The normalized spacial score (nSPS) is 11.3. The number of aryl methyl sites for hydroxylation is 2. The molecule has 0 fully saturated rings. The summed E-state index contributed by atoms with van der Waals surface area (Å²) in [6, 6.07) is 7.77. The second kappa shape index (κ2) is 6.45. The van der Waals surface area contributed by atoms with Crippen molar-refractivity contribution in [2.45, 2.75) is 39.5 Å². The Bertz CT molecular complexity index is 819. The molecule has 120 valence electrons. The van der Waals surface area contributed by atoms with E-state index in [1.165, 1.54) is 16.9 Å². The van der Waals surface area contributed by atoms with Gasteiger partial charge in [-0.25, -0.2) is 0 Å². The summed E-state index contributed by atoms with van der Waals surface area (Å²) in [7, 11) is 0. The number of carbonyl (C=O) groups excluding carboxylic acids is 1. The van der Waals surface area contributed by atoms with Crippen molar-refractivity contribution in [3.8, 4) is 0 Å². The van der Waals surface area contributed by atoms with Crippen LogP contribution in [-0.4, -0.2) is 25.7 Å². The molecule has 0 saturated carbocycles. The minimum Gasteiger partial charge on any atom is -0.326 e. The van der Waals surface area contributed by atoms with Gasteiger partial charge >= 0.3 is 0 Å². The third-order valence-electron chi connectivity index (χ3n) is 3.47. The van der Waals surface area contributed by atoms with Gasteiger partial charge in [-0.1, -0.05) is 42.9 Å². The number of rotatable bonds is 5. The lowest BCUT2D eigenvalue weighted by Crippen LogP contribution is -2.12. The molecular formula is C16H19N5OS. The Morgan fingerprint density at radius 3 is 2.70 bits per heavy atom. The molecule has 0 saturated heterocycles. The van der Waals surface area contributed by atoms with Gasteiger partial charge in [-0.2, -0.15) is 9.61 Å². The topological polar surface area (TPSA) is 72.2 Å². The van der Waals surface area contributed by atoms with E-state index in [9.17, 15) is 4.79 Å². The van der Waals surface area contributed by atoms with Gasteiger partial charge in [-0.05, 0) is 19.1 Å². The first kappa shape index (κ1) is 15.6. The number of aromatic nitrogens is 4. The van der Waals surface area contributed by atoms with Crippen LogP contribution in [-0.2, 0) is 11.2 Å². The molecule has 2 heterocycles. The van der Waals surface area contributed by atoms with Gasteiger partial charge in [0.1, 0.15) is 5.01 Å². The quantitative estimate of drug-likeness (QED) is 0.780. The summed E-state index contributed by atoms with van der Waals surface area (Å²) in [6.07, 6.45) is 0.998. The summed E-state index contributed by atoms with van der Waals surface area (Å²) in [4.78, 5) is 12.8. The lowest BCUT2D eigenvalue weighted by molar-refractivity contribution is -0.116. The highest BCUT2D eigenvalue weighted by molar-refractivity contribution is 7.16. The monoisotopic (exact) mass is 329 g/mol. The average molecular weight is 329 g/mol. The maximum atomic E-state index is 12.0. The molecule has 0 unspecified atom stereocenters. The van der Waals surface area contributed by atoms with E-state index >= 15 is 0 Å². The van der Waals surface area contributed by atoms with Gasteiger partial charge in [0.25, 0.3) is 0 Å². The molecule has 0 bridgehead atoms. The smallest absolute Gasteiger partial charge is 0.234 e. The number of nitrogens with one attached hydrogen (secondary N) is 1. The zero-order valence-electron chi connectivity index (χ0n) is 13.4. The Balaban J connectivity index is 1.61. The van der Waals surface area contributed by atoms with Crippen molar-refractivity contribution in [1.29, 1.82) is 0 Å². The molecule has 6 nitrogen and oxygen atoms in total. The van der Waals surface area contributed by atoms with Crippen molar-refractivity contribution in [2.24, 2.45) is 0 Å². The van der Waals surface area contributed by atoms with Crippen molar-refractivity contribution < 1.29 is 4.79 Å². The lowest BCUT2D eigenvalue weighted by atomic mass is 10.2. The third-order valence-corrected chi connectivity index (χ3v) is 4.43. The maximum Gasteiger partial charge on any atom is 0.234 e. The van der Waals surface area contributed by atoms with Crippen LogP contribution in [0.15, 0.2) is 24.3 Å². The minimum absolute atomic E-state index is 0.0103. The van der Waals surface area contributed by atoms with Crippen LogP contribution in [0.25, 0.3) is 4.96 Å². The average Bonchev–Trinajstić information content (AvgIpc) is 3.07. The molecule has 1 amide bonds. The number of hydrogen-bond donors (Lipinski definition) is 1. The van der Waals surface area contributed by atoms with Crippen LogP contribution >= 0.6 is 11.3 Å². The Morgan fingerprint density at radius 2 is 2.00 bits per heavy atom. The molecule has 0 aliphatic carbocycles. The second-order valence-electron chi connectivity index (χ2n) is 5.82. The molecule has 0 aliphatic rings.